The van der Waals surface area contributed by atoms with E-state index in [-0.39, 0.29) is 11.8 Å². The number of carbonyl (C=O) groups is 1. The highest BCUT2D eigenvalue weighted by Crippen LogP contribution is 2.26. The molecular formula is C16H20N2OS. The van der Waals surface area contributed by atoms with Crippen molar-refractivity contribution in [2.24, 2.45) is 5.92 Å². The molecule has 0 saturated carbocycles. The fourth-order valence-corrected chi connectivity index (χ4v) is 3.95. The van der Waals surface area contributed by atoms with E-state index in [0.29, 0.717) is 12.5 Å². The molecule has 2 aliphatic heterocycles. The fourth-order valence-electron chi connectivity index (χ4n) is 3.21. The maximum atomic E-state index is 12.0. The summed E-state index contributed by atoms with van der Waals surface area (Å²) in [5.41, 5.74) is 0. The first-order valence-corrected chi connectivity index (χ1v) is 8.14. The summed E-state index contributed by atoms with van der Waals surface area (Å²) in [5, 5.41) is 2.13. The van der Waals surface area contributed by atoms with Gasteiger partial charge < -0.3 is 4.90 Å². The van der Waals surface area contributed by atoms with Crippen molar-refractivity contribution in [3.05, 3.63) is 22.4 Å². The van der Waals surface area contributed by atoms with Crippen LogP contribution in [-0.2, 0) is 11.3 Å². The van der Waals surface area contributed by atoms with Crippen molar-refractivity contribution in [1.29, 1.82) is 0 Å². The largest absolute Gasteiger partial charge is 0.338 e. The van der Waals surface area contributed by atoms with Crippen molar-refractivity contribution < 1.29 is 4.79 Å². The lowest BCUT2D eigenvalue weighted by atomic mass is 10.0. The second-order valence-electron chi connectivity index (χ2n) is 5.70. The van der Waals surface area contributed by atoms with Crippen LogP contribution >= 0.6 is 11.3 Å². The van der Waals surface area contributed by atoms with Gasteiger partial charge in [-0.15, -0.1) is 23.7 Å². The van der Waals surface area contributed by atoms with Crippen molar-refractivity contribution in [3.63, 3.8) is 0 Å². The summed E-state index contributed by atoms with van der Waals surface area (Å²) >= 11 is 1.82. The molecule has 3 rings (SSSR count). The monoisotopic (exact) mass is 288 g/mol. The molecule has 20 heavy (non-hydrogen) atoms. The Morgan fingerprint density at radius 1 is 1.40 bits per heavy atom. The van der Waals surface area contributed by atoms with Gasteiger partial charge in [0.05, 0.1) is 0 Å². The van der Waals surface area contributed by atoms with Gasteiger partial charge in [-0.3, -0.25) is 9.69 Å². The summed E-state index contributed by atoms with van der Waals surface area (Å²) in [6.45, 7) is 3.97. The van der Waals surface area contributed by atoms with Gasteiger partial charge in [0.25, 0.3) is 0 Å². The van der Waals surface area contributed by atoms with E-state index < -0.39 is 0 Å². The van der Waals surface area contributed by atoms with Crippen molar-refractivity contribution in [1.82, 2.24) is 9.80 Å². The van der Waals surface area contributed by atoms with Crippen LogP contribution in [0, 0.1) is 18.3 Å². The highest BCUT2D eigenvalue weighted by Gasteiger charge is 2.34. The molecule has 1 aromatic heterocycles. The predicted molar refractivity (Wildman–Crippen MR) is 81.3 cm³/mol. The summed E-state index contributed by atoms with van der Waals surface area (Å²) in [7, 11) is 0. The third-order valence-corrected chi connectivity index (χ3v) is 5.21. The maximum Gasteiger partial charge on any atom is 0.224 e. The van der Waals surface area contributed by atoms with Crippen LogP contribution in [-0.4, -0.2) is 41.4 Å². The molecule has 0 aliphatic carbocycles. The second kappa shape index (κ2) is 5.99. The Labute approximate surface area is 124 Å². The topological polar surface area (TPSA) is 23.6 Å². The number of thiophene rings is 1. The van der Waals surface area contributed by atoms with E-state index in [1.54, 1.807) is 0 Å². The summed E-state index contributed by atoms with van der Waals surface area (Å²) < 4.78 is 0. The van der Waals surface area contributed by atoms with Gasteiger partial charge in [-0.2, -0.15) is 0 Å². The number of carbonyl (C=O) groups excluding carboxylic acids is 1. The molecule has 1 aromatic rings. The molecule has 1 unspecified atom stereocenters. The van der Waals surface area contributed by atoms with Crippen LogP contribution in [0.3, 0.4) is 0 Å². The Bertz CT molecular complexity index is 497. The van der Waals surface area contributed by atoms with Gasteiger partial charge in [0.15, 0.2) is 0 Å². The minimum Gasteiger partial charge on any atom is -0.338 e. The minimum atomic E-state index is 0.131. The van der Waals surface area contributed by atoms with Crippen LogP contribution in [0.25, 0.3) is 0 Å². The Morgan fingerprint density at radius 3 is 2.80 bits per heavy atom. The zero-order chi connectivity index (χ0) is 13.9. The van der Waals surface area contributed by atoms with Crippen molar-refractivity contribution in [2.75, 3.05) is 19.6 Å². The SMILES string of the molecule is C#CC1CC(=O)N(C2CCN(Cc3cccs3)CC2)C1. The van der Waals surface area contributed by atoms with E-state index in [1.165, 1.54) is 4.88 Å². The highest BCUT2D eigenvalue weighted by atomic mass is 32.1. The normalized spacial score (nSPS) is 25.1. The van der Waals surface area contributed by atoms with Crippen molar-refractivity contribution in [3.8, 4) is 12.3 Å². The Hall–Kier alpha value is -1.31. The van der Waals surface area contributed by atoms with E-state index in [9.17, 15) is 4.79 Å². The van der Waals surface area contributed by atoms with Crippen LogP contribution < -0.4 is 0 Å². The molecule has 3 heterocycles. The van der Waals surface area contributed by atoms with Crippen molar-refractivity contribution >= 4 is 17.2 Å². The summed E-state index contributed by atoms with van der Waals surface area (Å²) in [5.74, 6) is 3.12. The first-order valence-electron chi connectivity index (χ1n) is 7.26. The zero-order valence-corrected chi connectivity index (χ0v) is 12.4. The number of hydrogen-bond donors (Lipinski definition) is 0. The molecule has 4 heteroatoms. The maximum absolute atomic E-state index is 12.0. The molecule has 1 atom stereocenters. The molecule has 106 valence electrons. The molecule has 0 N–H and O–H groups in total. The van der Waals surface area contributed by atoms with Gasteiger partial charge in [-0.25, -0.2) is 0 Å². The van der Waals surface area contributed by atoms with E-state index in [4.69, 9.17) is 6.42 Å². The first kappa shape index (κ1) is 13.7. The first-order chi connectivity index (χ1) is 9.76. The van der Waals surface area contributed by atoms with E-state index in [1.807, 2.05) is 16.2 Å². The van der Waals surface area contributed by atoms with Crippen molar-refractivity contribution in [2.45, 2.75) is 31.8 Å². The fraction of sp³-hybridized carbons (Fsp3) is 0.562. The van der Waals surface area contributed by atoms with Gasteiger partial charge >= 0.3 is 0 Å². The molecule has 0 bridgehead atoms. The van der Waals surface area contributed by atoms with Crippen LogP contribution in [0.1, 0.15) is 24.1 Å². The van der Waals surface area contributed by atoms with Crippen LogP contribution in [0.2, 0.25) is 0 Å². The Kier molecular flexibility index (Phi) is 4.09. The van der Waals surface area contributed by atoms with Gasteiger partial charge in [0.2, 0.25) is 5.91 Å². The summed E-state index contributed by atoms with van der Waals surface area (Å²) in [4.78, 5) is 17.9. The number of terminal acetylenes is 1. The Balaban J connectivity index is 1.51. The molecule has 0 aromatic carbocycles. The van der Waals surface area contributed by atoms with E-state index >= 15 is 0 Å². The number of nitrogens with zero attached hydrogens (tertiary/aromatic N) is 2. The number of amides is 1. The quantitative estimate of drug-likeness (QED) is 0.796. The molecule has 2 fully saturated rings. The second-order valence-corrected chi connectivity index (χ2v) is 6.73. The number of likely N-dealkylation sites (tertiary alicyclic amines) is 2. The summed E-state index contributed by atoms with van der Waals surface area (Å²) in [6, 6.07) is 4.70. The predicted octanol–water partition coefficient (Wildman–Crippen LogP) is 2.19. The third kappa shape index (κ3) is 2.89. The third-order valence-electron chi connectivity index (χ3n) is 4.35. The van der Waals surface area contributed by atoms with Crippen LogP contribution in [0.15, 0.2) is 17.5 Å². The molecule has 0 radical (unpaired) electrons. The smallest absolute Gasteiger partial charge is 0.224 e. The molecule has 1 amide bonds. The number of hydrogen-bond acceptors (Lipinski definition) is 3. The lowest BCUT2D eigenvalue weighted by Crippen LogP contribution is -2.45. The highest BCUT2D eigenvalue weighted by molar-refractivity contribution is 7.09. The molecule has 0 spiro atoms. The number of piperidine rings is 1. The Morgan fingerprint density at radius 2 is 2.20 bits per heavy atom. The van der Waals surface area contributed by atoms with E-state index in [2.05, 4.69) is 28.3 Å². The van der Waals surface area contributed by atoms with Gasteiger partial charge in [0.1, 0.15) is 0 Å². The minimum absolute atomic E-state index is 0.131. The summed E-state index contributed by atoms with van der Waals surface area (Å²) in [6.07, 6.45) is 8.15. The average molecular weight is 288 g/mol. The lowest BCUT2D eigenvalue weighted by Gasteiger charge is -2.36. The molecule has 2 saturated heterocycles. The molecular weight excluding hydrogens is 268 g/mol. The molecule has 2 aliphatic rings. The van der Waals surface area contributed by atoms with E-state index in [0.717, 1.165) is 39.0 Å². The van der Waals surface area contributed by atoms with Gasteiger partial charge in [-0.1, -0.05) is 6.07 Å². The lowest BCUT2D eigenvalue weighted by molar-refractivity contribution is -0.130. The molecule has 3 nitrogen and oxygen atoms in total. The van der Waals surface area contributed by atoms with Crippen LogP contribution in [0.4, 0.5) is 0 Å². The van der Waals surface area contributed by atoms with Crippen LogP contribution in [0.5, 0.6) is 0 Å². The van der Waals surface area contributed by atoms with Gasteiger partial charge in [-0.05, 0) is 24.3 Å². The number of rotatable bonds is 3. The standard InChI is InChI=1S/C16H20N2OS/c1-2-13-10-16(19)18(11-13)14-5-7-17(8-6-14)12-15-4-3-9-20-15/h1,3-4,9,13-14H,5-8,10-12H2. The average Bonchev–Trinajstić information content (AvgIpc) is 3.09. The van der Waals surface area contributed by atoms with Gasteiger partial charge in [0, 0.05) is 49.4 Å². The zero-order valence-electron chi connectivity index (χ0n) is 11.6.